The number of carbonyl (C=O) groups is 3. The second-order valence-electron chi connectivity index (χ2n) is 8.04. The van der Waals surface area contributed by atoms with Crippen LogP contribution >= 0.6 is 0 Å². The molecule has 2 aromatic rings. The van der Waals surface area contributed by atoms with Gasteiger partial charge in [0.15, 0.2) is 11.4 Å². The van der Waals surface area contributed by atoms with E-state index in [9.17, 15) is 19.5 Å². The molecule has 0 heterocycles. The van der Waals surface area contributed by atoms with Crippen LogP contribution in [-0.2, 0) is 37.1 Å². The zero-order chi connectivity index (χ0) is 22.8. The van der Waals surface area contributed by atoms with Gasteiger partial charge in [-0.2, -0.15) is 0 Å². The van der Waals surface area contributed by atoms with Crippen molar-refractivity contribution in [2.75, 3.05) is 0 Å². The summed E-state index contributed by atoms with van der Waals surface area (Å²) in [7, 11) is 0. The molecule has 0 spiro atoms. The van der Waals surface area contributed by atoms with Crippen molar-refractivity contribution in [3.63, 3.8) is 0 Å². The number of benzene rings is 2. The van der Waals surface area contributed by atoms with E-state index >= 15 is 0 Å². The van der Waals surface area contributed by atoms with Gasteiger partial charge >= 0.3 is 11.9 Å². The van der Waals surface area contributed by atoms with Crippen LogP contribution < -0.4 is 0 Å². The van der Waals surface area contributed by atoms with Crippen LogP contribution in [0.5, 0.6) is 0 Å². The van der Waals surface area contributed by atoms with E-state index in [1.54, 1.807) is 0 Å². The average Bonchev–Trinajstić information content (AvgIpc) is 2.81. The number of hydrogen-bond acceptors (Lipinski definition) is 6. The Morgan fingerprint density at radius 1 is 0.875 bits per heavy atom. The molecule has 32 heavy (non-hydrogen) atoms. The first-order valence-corrected chi connectivity index (χ1v) is 10.8. The lowest BCUT2D eigenvalue weighted by molar-refractivity contribution is -0.169. The van der Waals surface area contributed by atoms with Gasteiger partial charge in [-0.1, -0.05) is 66.2 Å². The smallest absolute Gasteiger partial charge is 0.338 e. The summed E-state index contributed by atoms with van der Waals surface area (Å²) in [5, 5.41) is 11.2. The van der Waals surface area contributed by atoms with Crippen LogP contribution in [0.25, 0.3) is 0 Å². The summed E-state index contributed by atoms with van der Waals surface area (Å²) < 4.78 is 10.6. The topological polar surface area (TPSA) is 89.9 Å². The maximum absolute atomic E-state index is 12.8. The fraction of sp³-hybridized carbons (Fsp3) is 0.346. The molecule has 3 rings (SSSR count). The Morgan fingerprint density at radius 2 is 1.47 bits per heavy atom. The van der Waals surface area contributed by atoms with Crippen LogP contribution in [0, 0.1) is 0 Å². The number of esters is 2. The monoisotopic (exact) mass is 436 g/mol. The molecule has 6 nitrogen and oxygen atoms in total. The van der Waals surface area contributed by atoms with Gasteiger partial charge in [0.05, 0.1) is 0 Å². The molecule has 6 heteroatoms. The number of allylic oxidation sites excluding steroid dienone is 1. The molecular formula is C26H28O6. The minimum atomic E-state index is -1.91. The first kappa shape index (κ1) is 23.4. The maximum atomic E-state index is 12.8. The van der Waals surface area contributed by atoms with Gasteiger partial charge in [0, 0.05) is 19.3 Å². The molecule has 168 valence electrons. The molecule has 0 saturated heterocycles. The highest BCUT2D eigenvalue weighted by molar-refractivity contribution is 5.91. The first-order valence-electron chi connectivity index (χ1n) is 10.8. The number of rotatable bonds is 10. The molecule has 1 atom stereocenters. The number of carbonyl (C=O) groups excluding carboxylic acids is 3. The largest absolute Gasteiger partial charge is 0.461 e. The van der Waals surface area contributed by atoms with Crippen molar-refractivity contribution < 1.29 is 29.0 Å². The fourth-order valence-electron chi connectivity index (χ4n) is 3.62. The lowest BCUT2D eigenvalue weighted by Gasteiger charge is -2.28. The van der Waals surface area contributed by atoms with Crippen LogP contribution in [0.15, 0.2) is 72.3 Å². The average molecular weight is 437 g/mol. The standard InChI is InChI=1S/C26H28O6/c27-23-13-7-12-22(16-23)17-26(30,25(29)32-19-21-10-5-2-6-11-21)15-14-24(28)31-18-20-8-3-1-4-9-20/h1-6,8-11,16,30H,7,12-15,17-19H2/t26-/m0/s1. The lowest BCUT2D eigenvalue weighted by Crippen LogP contribution is -2.41. The van der Waals surface area contributed by atoms with Gasteiger partial charge in [0.2, 0.25) is 0 Å². The summed E-state index contributed by atoms with van der Waals surface area (Å²) >= 11 is 0. The third-order valence-corrected chi connectivity index (χ3v) is 5.38. The molecule has 1 N–H and O–H groups in total. The highest BCUT2D eigenvalue weighted by Crippen LogP contribution is 2.29. The minimum absolute atomic E-state index is 0.0123. The lowest BCUT2D eigenvalue weighted by atomic mass is 9.85. The number of hydrogen-bond donors (Lipinski definition) is 1. The molecule has 0 fully saturated rings. The highest BCUT2D eigenvalue weighted by atomic mass is 16.6. The van der Waals surface area contributed by atoms with Crippen LogP contribution in [0.3, 0.4) is 0 Å². The van der Waals surface area contributed by atoms with Gasteiger partial charge in [0.1, 0.15) is 13.2 Å². The van der Waals surface area contributed by atoms with Gasteiger partial charge in [-0.3, -0.25) is 9.59 Å². The molecule has 2 aromatic carbocycles. The summed E-state index contributed by atoms with van der Waals surface area (Å²) in [6, 6.07) is 18.4. The molecule has 0 aromatic heterocycles. The van der Waals surface area contributed by atoms with E-state index in [4.69, 9.17) is 9.47 Å². The van der Waals surface area contributed by atoms with Gasteiger partial charge in [0.25, 0.3) is 0 Å². The van der Waals surface area contributed by atoms with Gasteiger partial charge in [-0.25, -0.2) is 4.79 Å². The summed E-state index contributed by atoms with van der Waals surface area (Å²) in [6.45, 7) is 0.134. The molecular weight excluding hydrogens is 408 g/mol. The third kappa shape index (κ3) is 7.17. The Kier molecular flexibility index (Phi) is 8.34. The predicted molar refractivity (Wildman–Crippen MR) is 118 cm³/mol. The Hall–Kier alpha value is -3.25. The highest BCUT2D eigenvalue weighted by Gasteiger charge is 2.39. The van der Waals surface area contributed by atoms with Crippen LogP contribution in [0.1, 0.15) is 49.7 Å². The quantitative estimate of drug-likeness (QED) is 0.565. The van der Waals surface area contributed by atoms with E-state index < -0.39 is 17.5 Å². The van der Waals surface area contributed by atoms with Crippen molar-refractivity contribution >= 4 is 17.7 Å². The van der Waals surface area contributed by atoms with Crippen LogP contribution in [0.2, 0.25) is 0 Å². The Balaban J connectivity index is 1.62. The van der Waals surface area contributed by atoms with Crippen molar-refractivity contribution in [3.8, 4) is 0 Å². The van der Waals surface area contributed by atoms with E-state index in [0.29, 0.717) is 24.8 Å². The van der Waals surface area contributed by atoms with Gasteiger partial charge in [-0.05, 0) is 36.5 Å². The Labute approximate surface area is 187 Å². The van der Waals surface area contributed by atoms with E-state index in [1.807, 2.05) is 60.7 Å². The van der Waals surface area contributed by atoms with Crippen molar-refractivity contribution in [1.29, 1.82) is 0 Å². The maximum Gasteiger partial charge on any atom is 0.338 e. The molecule has 0 saturated carbocycles. The molecule has 0 unspecified atom stereocenters. The zero-order valence-electron chi connectivity index (χ0n) is 18.0. The van der Waals surface area contributed by atoms with Gasteiger partial charge < -0.3 is 14.6 Å². The molecule has 0 bridgehead atoms. The number of ether oxygens (including phenoxy) is 2. The second kappa shape index (κ2) is 11.4. The molecule has 0 aliphatic heterocycles. The van der Waals surface area contributed by atoms with Gasteiger partial charge in [-0.15, -0.1) is 0 Å². The first-order chi connectivity index (χ1) is 15.4. The van der Waals surface area contributed by atoms with E-state index in [1.165, 1.54) is 6.08 Å². The minimum Gasteiger partial charge on any atom is -0.461 e. The summed E-state index contributed by atoms with van der Waals surface area (Å²) in [6.07, 6.45) is 2.92. The molecule has 1 aliphatic rings. The predicted octanol–water partition coefficient (Wildman–Crippen LogP) is 4.05. The fourth-order valence-corrected chi connectivity index (χ4v) is 3.62. The summed E-state index contributed by atoms with van der Waals surface area (Å²) in [5.41, 5.74) is 0.420. The van der Waals surface area contributed by atoms with Crippen LogP contribution in [-0.4, -0.2) is 28.4 Å². The van der Waals surface area contributed by atoms with Crippen molar-refractivity contribution in [3.05, 3.63) is 83.4 Å². The van der Waals surface area contributed by atoms with Crippen molar-refractivity contribution in [1.82, 2.24) is 0 Å². The molecule has 0 radical (unpaired) electrons. The van der Waals surface area contributed by atoms with E-state index in [2.05, 4.69) is 0 Å². The van der Waals surface area contributed by atoms with E-state index in [0.717, 1.165) is 11.1 Å². The Morgan fingerprint density at radius 3 is 2.06 bits per heavy atom. The van der Waals surface area contributed by atoms with Crippen molar-refractivity contribution in [2.45, 2.75) is 57.3 Å². The third-order valence-electron chi connectivity index (χ3n) is 5.38. The SMILES string of the molecule is O=C1C=C(C[C@@](O)(CCC(=O)OCc2ccccc2)C(=O)OCc2ccccc2)CCC1. The van der Waals surface area contributed by atoms with Crippen molar-refractivity contribution in [2.24, 2.45) is 0 Å². The van der Waals surface area contributed by atoms with E-state index in [-0.39, 0.29) is 38.3 Å². The summed E-state index contributed by atoms with van der Waals surface area (Å²) in [5.74, 6) is -1.35. The molecule has 1 aliphatic carbocycles. The number of aliphatic hydroxyl groups is 1. The second-order valence-corrected chi connectivity index (χ2v) is 8.04. The molecule has 0 amide bonds. The Bertz CT molecular complexity index is 951. The number of ketones is 1. The summed E-state index contributed by atoms with van der Waals surface area (Å²) in [4.78, 5) is 36.9. The van der Waals surface area contributed by atoms with Crippen LogP contribution in [0.4, 0.5) is 0 Å². The normalized spacial score (nSPS) is 15.4. The zero-order valence-corrected chi connectivity index (χ0v) is 18.0.